The van der Waals surface area contributed by atoms with E-state index >= 15 is 0 Å². The third kappa shape index (κ3) is 3.73. The molecule has 0 N–H and O–H groups in total. The van der Waals surface area contributed by atoms with Gasteiger partial charge in [-0.2, -0.15) is 0 Å². The molecule has 1 aromatic rings. The summed E-state index contributed by atoms with van der Waals surface area (Å²) in [5, 5.41) is 0.912. The van der Waals surface area contributed by atoms with Gasteiger partial charge in [0.2, 0.25) is 0 Å². The van der Waals surface area contributed by atoms with Crippen LogP contribution in [0.2, 0.25) is 5.02 Å². The highest BCUT2D eigenvalue weighted by Gasteiger charge is 2.21. The molecular formula is C16H24ClN. The van der Waals surface area contributed by atoms with E-state index in [4.69, 9.17) is 11.6 Å². The van der Waals surface area contributed by atoms with Gasteiger partial charge in [-0.1, -0.05) is 43.6 Å². The van der Waals surface area contributed by atoms with Crippen LogP contribution in [0.1, 0.15) is 32.3 Å². The Kier molecular flexibility index (Phi) is 5.08. The monoisotopic (exact) mass is 265 g/mol. The van der Waals surface area contributed by atoms with Crippen LogP contribution in [0, 0.1) is 11.8 Å². The van der Waals surface area contributed by atoms with E-state index in [9.17, 15) is 0 Å². The minimum Gasteiger partial charge on any atom is -0.303 e. The van der Waals surface area contributed by atoms with Crippen molar-refractivity contribution in [1.29, 1.82) is 0 Å². The average molecular weight is 266 g/mol. The molecule has 1 heterocycles. The summed E-state index contributed by atoms with van der Waals surface area (Å²) in [5.41, 5.74) is 1.28. The van der Waals surface area contributed by atoms with Gasteiger partial charge in [-0.25, -0.2) is 0 Å². The summed E-state index contributed by atoms with van der Waals surface area (Å²) in [4.78, 5) is 2.59. The van der Waals surface area contributed by atoms with Crippen molar-refractivity contribution in [2.45, 2.75) is 33.1 Å². The molecule has 0 radical (unpaired) electrons. The third-order valence-corrected chi connectivity index (χ3v) is 4.60. The quantitative estimate of drug-likeness (QED) is 0.787. The Morgan fingerprint density at radius 2 is 1.89 bits per heavy atom. The lowest BCUT2D eigenvalue weighted by atomic mass is 9.86. The molecule has 1 aromatic carbocycles. The predicted molar refractivity (Wildman–Crippen MR) is 79.2 cm³/mol. The molecule has 0 aliphatic carbocycles. The van der Waals surface area contributed by atoms with Gasteiger partial charge in [0.25, 0.3) is 0 Å². The first-order chi connectivity index (χ1) is 8.66. The molecule has 1 nitrogen and oxygen atoms in total. The van der Waals surface area contributed by atoms with Crippen molar-refractivity contribution in [3.05, 3.63) is 34.9 Å². The van der Waals surface area contributed by atoms with Gasteiger partial charge >= 0.3 is 0 Å². The van der Waals surface area contributed by atoms with Crippen LogP contribution < -0.4 is 0 Å². The van der Waals surface area contributed by atoms with Gasteiger partial charge in [-0.05, 0) is 55.8 Å². The summed E-state index contributed by atoms with van der Waals surface area (Å²) in [6.07, 6.45) is 3.80. The second-order valence-corrected chi connectivity index (χ2v) is 6.17. The Labute approximate surface area is 116 Å². The molecule has 1 aliphatic heterocycles. The predicted octanol–water partition coefficient (Wildman–Crippen LogP) is 4.25. The van der Waals surface area contributed by atoms with Crippen molar-refractivity contribution in [3.63, 3.8) is 0 Å². The molecule has 2 rings (SSSR count). The van der Waals surface area contributed by atoms with Gasteiger partial charge in [-0.15, -0.1) is 0 Å². The third-order valence-electron chi connectivity index (χ3n) is 4.23. The fourth-order valence-corrected chi connectivity index (χ4v) is 3.05. The maximum absolute atomic E-state index is 6.19. The molecular weight excluding hydrogens is 242 g/mol. The minimum atomic E-state index is 0.843. The lowest BCUT2D eigenvalue weighted by Crippen LogP contribution is -2.36. The van der Waals surface area contributed by atoms with Crippen molar-refractivity contribution in [3.8, 4) is 0 Å². The van der Waals surface area contributed by atoms with E-state index in [0.29, 0.717) is 0 Å². The topological polar surface area (TPSA) is 3.24 Å². The highest BCUT2D eigenvalue weighted by atomic mass is 35.5. The first-order valence-corrected chi connectivity index (χ1v) is 7.50. The number of likely N-dealkylation sites (tertiary alicyclic amines) is 1. The summed E-state index contributed by atoms with van der Waals surface area (Å²) in [6, 6.07) is 8.21. The van der Waals surface area contributed by atoms with Crippen molar-refractivity contribution in [1.82, 2.24) is 4.90 Å². The molecule has 1 fully saturated rings. The lowest BCUT2D eigenvalue weighted by molar-refractivity contribution is 0.159. The highest BCUT2D eigenvalue weighted by molar-refractivity contribution is 6.31. The maximum Gasteiger partial charge on any atom is 0.0438 e. The van der Waals surface area contributed by atoms with Crippen molar-refractivity contribution in [2.24, 2.45) is 11.8 Å². The maximum atomic E-state index is 6.19. The van der Waals surface area contributed by atoms with E-state index in [2.05, 4.69) is 30.9 Å². The first kappa shape index (κ1) is 13.9. The zero-order valence-electron chi connectivity index (χ0n) is 11.5. The van der Waals surface area contributed by atoms with E-state index in [1.807, 2.05) is 12.1 Å². The van der Waals surface area contributed by atoms with Crippen molar-refractivity contribution in [2.75, 3.05) is 19.6 Å². The van der Waals surface area contributed by atoms with Crippen LogP contribution in [0.5, 0.6) is 0 Å². The summed E-state index contributed by atoms with van der Waals surface area (Å²) < 4.78 is 0. The molecule has 1 saturated heterocycles. The van der Waals surface area contributed by atoms with Gasteiger partial charge in [-0.3, -0.25) is 0 Å². The highest BCUT2D eigenvalue weighted by Crippen LogP contribution is 2.24. The van der Waals surface area contributed by atoms with Crippen molar-refractivity contribution >= 4 is 11.6 Å². The van der Waals surface area contributed by atoms with E-state index in [0.717, 1.165) is 29.8 Å². The Balaban J connectivity index is 1.77. The summed E-state index contributed by atoms with van der Waals surface area (Å²) in [7, 11) is 0. The molecule has 0 bridgehead atoms. The molecule has 0 amide bonds. The smallest absolute Gasteiger partial charge is 0.0438 e. The van der Waals surface area contributed by atoms with Crippen LogP contribution in [0.4, 0.5) is 0 Å². The number of benzene rings is 1. The van der Waals surface area contributed by atoms with E-state index in [1.165, 1.54) is 31.5 Å². The number of rotatable bonds is 4. The molecule has 0 aromatic heterocycles. The number of hydrogen-bond donors (Lipinski definition) is 0. The minimum absolute atomic E-state index is 0.843. The van der Waals surface area contributed by atoms with Crippen LogP contribution in [-0.4, -0.2) is 24.5 Å². The Morgan fingerprint density at radius 3 is 2.50 bits per heavy atom. The van der Waals surface area contributed by atoms with E-state index in [-0.39, 0.29) is 0 Å². The zero-order valence-corrected chi connectivity index (χ0v) is 12.3. The number of nitrogens with zero attached hydrogens (tertiary/aromatic N) is 1. The number of hydrogen-bond acceptors (Lipinski definition) is 1. The van der Waals surface area contributed by atoms with Crippen LogP contribution in [-0.2, 0) is 6.42 Å². The molecule has 0 atom stereocenters. The molecule has 100 valence electrons. The molecule has 0 saturated carbocycles. The number of halogens is 1. The standard InChI is InChI=1S/C16H24ClN/c1-13(2)14-7-10-18(11-8-14)12-9-15-5-3-4-6-16(15)17/h3-6,13-14H,7-12H2,1-2H3. The van der Waals surface area contributed by atoms with Crippen molar-refractivity contribution < 1.29 is 0 Å². The fraction of sp³-hybridized carbons (Fsp3) is 0.625. The van der Waals surface area contributed by atoms with E-state index < -0.39 is 0 Å². The Hall–Kier alpha value is -0.530. The SMILES string of the molecule is CC(C)C1CCN(CCc2ccccc2Cl)CC1. The van der Waals surface area contributed by atoms with Crippen LogP contribution >= 0.6 is 11.6 Å². The second-order valence-electron chi connectivity index (χ2n) is 5.76. The summed E-state index contributed by atoms with van der Waals surface area (Å²) >= 11 is 6.19. The largest absolute Gasteiger partial charge is 0.303 e. The Bertz CT molecular complexity index is 367. The summed E-state index contributed by atoms with van der Waals surface area (Å²) in [6.45, 7) is 8.36. The van der Waals surface area contributed by atoms with Gasteiger partial charge in [0.15, 0.2) is 0 Å². The van der Waals surface area contributed by atoms with Gasteiger partial charge in [0, 0.05) is 11.6 Å². The average Bonchev–Trinajstić information content (AvgIpc) is 2.38. The van der Waals surface area contributed by atoms with Gasteiger partial charge in [0.1, 0.15) is 0 Å². The molecule has 0 unspecified atom stereocenters. The molecule has 0 spiro atoms. The zero-order chi connectivity index (χ0) is 13.0. The van der Waals surface area contributed by atoms with E-state index in [1.54, 1.807) is 0 Å². The van der Waals surface area contributed by atoms with Crippen LogP contribution in [0.15, 0.2) is 24.3 Å². The molecule has 18 heavy (non-hydrogen) atoms. The molecule has 2 heteroatoms. The lowest BCUT2D eigenvalue weighted by Gasteiger charge is -2.33. The normalized spacial score (nSPS) is 18.4. The van der Waals surface area contributed by atoms with Gasteiger partial charge in [0.05, 0.1) is 0 Å². The Morgan fingerprint density at radius 1 is 1.22 bits per heavy atom. The van der Waals surface area contributed by atoms with Crippen LogP contribution in [0.3, 0.4) is 0 Å². The second kappa shape index (κ2) is 6.58. The molecule has 1 aliphatic rings. The fourth-order valence-electron chi connectivity index (χ4n) is 2.82. The van der Waals surface area contributed by atoms with Crippen LogP contribution in [0.25, 0.3) is 0 Å². The first-order valence-electron chi connectivity index (χ1n) is 7.12. The number of piperidine rings is 1. The van der Waals surface area contributed by atoms with Gasteiger partial charge < -0.3 is 4.90 Å². The summed E-state index contributed by atoms with van der Waals surface area (Å²) in [5.74, 6) is 1.78.